The molecule has 0 fully saturated rings. The fourth-order valence-corrected chi connectivity index (χ4v) is 10.7. The summed E-state index contributed by atoms with van der Waals surface area (Å²) in [4.78, 5) is 2.51. The Morgan fingerprint density at radius 1 is 0.261 bits per heavy atom. The molecule has 0 radical (unpaired) electrons. The lowest BCUT2D eigenvalue weighted by molar-refractivity contribution is 1.18. The van der Waals surface area contributed by atoms with E-state index in [1.807, 2.05) is 0 Å². The van der Waals surface area contributed by atoms with Gasteiger partial charge in [-0.1, -0.05) is 200 Å². The van der Waals surface area contributed by atoms with E-state index in [1.165, 1.54) is 54.8 Å². The molecule has 0 unspecified atom stereocenters. The minimum Gasteiger partial charge on any atom is -0.309 e. The number of rotatable bonds is 9. The van der Waals surface area contributed by atoms with Crippen LogP contribution < -0.4 is 4.90 Å². The van der Waals surface area contributed by atoms with Gasteiger partial charge in [-0.3, -0.25) is 0 Å². The van der Waals surface area contributed by atoms with Gasteiger partial charge in [-0.15, -0.1) is 0 Å². The number of fused-ring (bicyclic) bond motifs is 6. The van der Waals surface area contributed by atoms with Gasteiger partial charge in [-0.05, 0) is 112 Å². The van der Waals surface area contributed by atoms with Gasteiger partial charge in [0.25, 0.3) is 0 Å². The number of anilines is 3. The largest absolute Gasteiger partial charge is 0.309 e. The summed E-state index contributed by atoms with van der Waals surface area (Å²) in [5, 5.41) is 4.90. The molecule has 0 spiro atoms. The van der Waals surface area contributed by atoms with Crippen LogP contribution in [0.1, 0.15) is 0 Å². The maximum Gasteiger partial charge on any atom is 0.0562 e. The second-order valence-corrected chi connectivity index (χ2v) is 17.6. The Hall–Kier alpha value is -9.18. The lowest BCUT2D eigenvalue weighted by Crippen LogP contribution is -2.12. The minimum absolute atomic E-state index is 1.06. The lowest BCUT2D eigenvalue weighted by atomic mass is 9.87. The highest BCUT2D eigenvalue weighted by Gasteiger charge is 2.26. The molecule has 0 amide bonds. The summed E-state index contributed by atoms with van der Waals surface area (Å²) in [6, 6.07) is 99.3. The van der Waals surface area contributed by atoms with Crippen LogP contribution in [0.4, 0.5) is 17.1 Å². The third kappa shape index (κ3) is 6.82. The van der Waals surface area contributed by atoms with Crippen molar-refractivity contribution < 1.29 is 0 Å². The van der Waals surface area contributed by atoms with E-state index in [0.717, 1.165) is 61.7 Å². The molecule has 11 aromatic carbocycles. The molecule has 0 aliphatic rings. The number of nitrogens with zero attached hydrogens (tertiary/aromatic N) is 3. The van der Waals surface area contributed by atoms with Crippen molar-refractivity contribution >= 4 is 60.7 Å². The maximum absolute atomic E-state index is 2.51. The van der Waals surface area contributed by atoms with Crippen molar-refractivity contribution in [3.05, 3.63) is 273 Å². The number of hydrogen-bond acceptors (Lipinski definition) is 1. The van der Waals surface area contributed by atoms with Gasteiger partial charge in [0.1, 0.15) is 0 Å². The SMILES string of the molecule is c1ccc(-c2ccccc2-c2c(-c3ccccc3)cccc2N(c2ccc(-c3cccc(-n4c5ccccc5c5ccccc54)c3)cc2)c2cccc3c2c2ccccc2n3-c2ccccc2)cc1. The molecule has 69 heavy (non-hydrogen) atoms. The first-order valence-corrected chi connectivity index (χ1v) is 23.7. The van der Waals surface area contributed by atoms with E-state index < -0.39 is 0 Å². The summed E-state index contributed by atoms with van der Waals surface area (Å²) in [5.41, 5.74) is 19.5. The molecule has 0 aliphatic carbocycles. The standard InChI is InChI=1S/C66H45N3/c1-4-21-47(22-5-1)53-29-10-11-32-57(53)65-54(48-23-6-2-7-24-48)34-19-38-62(65)68(64-40-20-39-63-66(64)58-33-14-17-37-61(58)67(63)50-26-8-3-9-27-50)51-43-41-46(42-44-51)49-25-18-28-52(45-49)69-59-35-15-12-30-55(59)56-31-13-16-36-60(56)69/h1-45H. The van der Waals surface area contributed by atoms with Crippen LogP contribution >= 0.6 is 0 Å². The van der Waals surface area contributed by atoms with Crippen molar-refractivity contribution in [1.29, 1.82) is 0 Å². The summed E-state index contributed by atoms with van der Waals surface area (Å²) in [7, 11) is 0. The Balaban J connectivity index is 1.06. The van der Waals surface area contributed by atoms with Gasteiger partial charge >= 0.3 is 0 Å². The smallest absolute Gasteiger partial charge is 0.0562 e. The number of hydrogen-bond donors (Lipinski definition) is 0. The van der Waals surface area contributed by atoms with Gasteiger partial charge in [0, 0.05) is 44.2 Å². The molecular weight excluding hydrogens is 835 g/mol. The Labute approximate surface area is 401 Å². The summed E-state index contributed by atoms with van der Waals surface area (Å²) in [5.74, 6) is 0. The third-order valence-electron chi connectivity index (χ3n) is 13.7. The van der Waals surface area contributed by atoms with Crippen LogP contribution in [0.2, 0.25) is 0 Å². The lowest BCUT2D eigenvalue weighted by Gasteiger charge is -2.30. The van der Waals surface area contributed by atoms with Gasteiger partial charge in [-0.2, -0.15) is 0 Å². The van der Waals surface area contributed by atoms with Crippen molar-refractivity contribution in [2.45, 2.75) is 0 Å². The highest BCUT2D eigenvalue weighted by atomic mass is 15.2. The van der Waals surface area contributed by atoms with Crippen molar-refractivity contribution in [2.75, 3.05) is 4.90 Å². The van der Waals surface area contributed by atoms with Gasteiger partial charge in [-0.25, -0.2) is 0 Å². The van der Waals surface area contributed by atoms with Crippen LogP contribution in [0.15, 0.2) is 273 Å². The number of aromatic nitrogens is 2. The fraction of sp³-hybridized carbons (Fsp3) is 0. The molecule has 2 heterocycles. The molecule has 0 aliphatic heterocycles. The van der Waals surface area contributed by atoms with Gasteiger partial charge < -0.3 is 14.0 Å². The van der Waals surface area contributed by atoms with Crippen LogP contribution in [0.25, 0.3) is 99.5 Å². The van der Waals surface area contributed by atoms with Crippen LogP contribution in [-0.2, 0) is 0 Å². The fourth-order valence-electron chi connectivity index (χ4n) is 10.7. The van der Waals surface area contributed by atoms with Crippen molar-refractivity contribution in [1.82, 2.24) is 9.13 Å². The van der Waals surface area contributed by atoms with Crippen molar-refractivity contribution in [2.24, 2.45) is 0 Å². The molecule has 324 valence electrons. The molecule has 3 nitrogen and oxygen atoms in total. The third-order valence-corrected chi connectivity index (χ3v) is 13.7. The molecule has 2 aromatic heterocycles. The van der Waals surface area contributed by atoms with E-state index in [4.69, 9.17) is 0 Å². The quantitative estimate of drug-likeness (QED) is 0.141. The normalized spacial score (nSPS) is 11.5. The maximum atomic E-state index is 2.51. The van der Waals surface area contributed by atoms with E-state index in [0.29, 0.717) is 0 Å². The summed E-state index contributed by atoms with van der Waals surface area (Å²) < 4.78 is 4.80. The highest BCUT2D eigenvalue weighted by molar-refractivity contribution is 6.17. The number of benzene rings is 11. The van der Waals surface area contributed by atoms with Crippen LogP contribution in [0.3, 0.4) is 0 Å². The van der Waals surface area contributed by atoms with E-state index in [-0.39, 0.29) is 0 Å². The van der Waals surface area contributed by atoms with Crippen molar-refractivity contribution in [3.63, 3.8) is 0 Å². The Morgan fingerprint density at radius 3 is 1.39 bits per heavy atom. The van der Waals surface area contributed by atoms with E-state index >= 15 is 0 Å². The first kappa shape index (κ1) is 40.1. The van der Waals surface area contributed by atoms with Gasteiger partial charge in [0.15, 0.2) is 0 Å². The van der Waals surface area contributed by atoms with E-state index in [2.05, 4.69) is 287 Å². The molecule has 0 N–H and O–H groups in total. The average molecular weight is 880 g/mol. The topological polar surface area (TPSA) is 13.1 Å². The summed E-state index contributed by atoms with van der Waals surface area (Å²) in [6.07, 6.45) is 0. The van der Waals surface area contributed by atoms with E-state index in [9.17, 15) is 0 Å². The van der Waals surface area contributed by atoms with E-state index in [1.54, 1.807) is 0 Å². The predicted octanol–water partition coefficient (Wildman–Crippen LogP) is 18.0. The monoisotopic (exact) mass is 879 g/mol. The van der Waals surface area contributed by atoms with Crippen LogP contribution in [-0.4, -0.2) is 9.13 Å². The Bertz CT molecular complexity index is 3940. The van der Waals surface area contributed by atoms with Crippen molar-refractivity contribution in [3.8, 4) is 55.9 Å². The zero-order chi connectivity index (χ0) is 45.7. The summed E-state index contributed by atoms with van der Waals surface area (Å²) in [6.45, 7) is 0. The second-order valence-electron chi connectivity index (χ2n) is 17.6. The molecule has 13 rings (SSSR count). The zero-order valence-electron chi connectivity index (χ0n) is 37.8. The molecule has 0 atom stereocenters. The molecule has 0 saturated heterocycles. The Morgan fingerprint density at radius 2 is 0.710 bits per heavy atom. The molecular formula is C66H45N3. The first-order valence-electron chi connectivity index (χ1n) is 23.7. The molecule has 13 aromatic rings. The highest BCUT2D eigenvalue weighted by Crippen LogP contribution is 2.51. The zero-order valence-corrected chi connectivity index (χ0v) is 37.8. The average Bonchev–Trinajstić information content (AvgIpc) is 3.95. The first-order chi connectivity index (χ1) is 34.3. The predicted molar refractivity (Wildman–Crippen MR) is 292 cm³/mol. The molecule has 0 saturated carbocycles. The van der Waals surface area contributed by atoms with Gasteiger partial charge in [0.2, 0.25) is 0 Å². The number of para-hydroxylation sites is 4. The summed E-state index contributed by atoms with van der Waals surface area (Å²) >= 11 is 0. The minimum atomic E-state index is 1.06. The Kier molecular flexibility index (Phi) is 9.84. The van der Waals surface area contributed by atoms with Crippen LogP contribution in [0, 0.1) is 0 Å². The molecule has 3 heteroatoms. The molecule has 0 bridgehead atoms. The van der Waals surface area contributed by atoms with Crippen LogP contribution in [0.5, 0.6) is 0 Å². The second kappa shape index (κ2) is 16.9. The van der Waals surface area contributed by atoms with Gasteiger partial charge in [0.05, 0.1) is 33.4 Å².